The van der Waals surface area contributed by atoms with Crippen molar-refractivity contribution in [2.75, 3.05) is 0 Å². The summed E-state index contributed by atoms with van der Waals surface area (Å²) in [7, 11) is 0. The van der Waals surface area contributed by atoms with Crippen molar-refractivity contribution >= 4 is 12.4 Å². The molecule has 1 aromatic rings. The van der Waals surface area contributed by atoms with Crippen molar-refractivity contribution in [3.8, 4) is 0 Å². The highest BCUT2D eigenvalue weighted by molar-refractivity contribution is 5.85. The molecule has 0 aromatic heterocycles. The molecule has 1 nitrogen and oxygen atoms in total. The van der Waals surface area contributed by atoms with E-state index in [-0.39, 0.29) is 23.8 Å². The minimum absolute atomic E-state index is 0. The fraction of sp³-hybridized carbons (Fsp3) is 0.400. The van der Waals surface area contributed by atoms with Crippen molar-refractivity contribution in [3.05, 3.63) is 35.6 Å². The first-order valence-corrected chi connectivity index (χ1v) is 4.01. The number of halogens is 2. The molecule has 0 heterocycles. The molecular weight excluding hydrogens is 189 g/mol. The smallest absolute Gasteiger partial charge is 0.123 e. The summed E-state index contributed by atoms with van der Waals surface area (Å²) >= 11 is 0. The lowest BCUT2D eigenvalue weighted by Gasteiger charge is -2.17. The standard InChI is InChI=1S/C10H14FN.ClH/c1-10(2,12)7-8-4-3-5-9(11)6-8;/h3-6H,7,12H2,1-2H3;1H. The first kappa shape index (κ1) is 12.4. The van der Waals surface area contributed by atoms with Crippen molar-refractivity contribution in [1.29, 1.82) is 0 Å². The second-order valence-electron chi connectivity index (χ2n) is 3.80. The zero-order chi connectivity index (χ0) is 9.19. The average Bonchev–Trinajstić information content (AvgIpc) is 1.82. The third-order valence-electron chi connectivity index (χ3n) is 1.55. The van der Waals surface area contributed by atoms with Gasteiger partial charge < -0.3 is 5.73 Å². The van der Waals surface area contributed by atoms with Crippen LogP contribution in [0.15, 0.2) is 24.3 Å². The lowest BCUT2D eigenvalue weighted by molar-refractivity contribution is 0.514. The van der Waals surface area contributed by atoms with Crippen LogP contribution in [-0.2, 0) is 6.42 Å². The van der Waals surface area contributed by atoms with Gasteiger partial charge in [-0.2, -0.15) is 0 Å². The zero-order valence-electron chi connectivity index (χ0n) is 7.88. The molecule has 1 aromatic carbocycles. The van der Waals surface area contributed by atoms with Crippen molar-refractivity contribution in [2.45, 2.75) is 25.8 Å². The van der Waals surface area contributed by atoms with E-state index in [0.29, 0.717) is 6.42 Å². The van der Waals surface area contributed by atoms with E-state index in [1.54, 1.807) is 6.07 Å². The van der Waals surface area contributed by atoms with Crippen LogP contribution >= 0.6 is 12.4 Å². The maximum atomic E-state index is 12.7. The molecule has 0 amide bonds. The lowest BCUT2D eigenvalue weighted by Crippen LogP contribution is -2.34. The monoisotopic (exact) mass is 203 g/mol. The summed E-state index contributed by atoms with van der Waals surface area (Å²) in [6.07, 6.45) is 0.699. The first-order valence-electron chi connectivity index (χ1n) is 4.01. The van der Waals surface area contributed by atoms with Crippen LogP contribution in [0.3, 0.4) is 0 Å². The van der Waals surface area contributed by atoms with E-state index >= 15 is 0 Å². The van der Waals surface area contributed by atoms with Gasteiger partial charge in [-0.15, -0.1) is 12.4 Å². The van der Waals surface area contributed by atoms with Gasteiger partial charge in [0.1, 0.15) is 5.82 Å². The molecule has 0 aliphatic heterocycles. The molecule has 0 bridgehead atoms. The molecule has 0 fully saturated rings. The number of benzene rings is 1. The van der Waals surface area contributed by atoms with Gasteiger partial charge in [-0.05, 0) is 38.0 Å². The second-order valence-corrected chi connectivity index (χ2v) is 3.80. The van der Waals surface area contributed by atoms with Crippen molar-refractivity contribution in [3.63, 3.8) is 0 Å². The third-order valence-corrected chi connectivity index (χ3v) is 1.55. The van der Waals surface area contributed by atoms with E-state index in [9.17, 15) is 4.39 Å². The predicted octanol–water partition coefficient (Wildman–Crippen LogP) is 2.53. The van der Waals surface area contributed by atoms with E-state index in [1.807, 2.05) is 19.9 Å². The fourth-order valence-electron chi connectivity index (χ4n) is 1.17. The molecule has 0 aliphatic carbocycles. The average molecular weight is 204 g/mol. The van der Waals surface area contributed by atoms with Crippen LogP contribution in [0, 0.1) is 5.82 Å². The largest absolute Gasteiger partial charge is 0.325 e. The van der Waals surface area contributed by atoms with Gasteiger partial charge >= 0.3 is 0 Å². The molecule has 0 saturated carbocycles. The molecule has 2 N–H and O–H groups in total. The molecule has 74 valence electrons. The van der Waals surface area contributed by atoms with E-state index in [2.05, 4.69) is 0 Å². The van der Waals surface area contributed by atoms with E-state index in [0.717, 1.165) is 5.56 Å². The molecule has 0 radical (unpaired) electrons. The van der Waals surface area contributed by atoms with Gasteiger partial charge in [-0.3, -0.25) is 0 Å². The molecule has 13 heavy (non-hydrogen) atoms. The van der Waals surface area contributed by atoms with Gasteiger partial charge in [0.05, 0.1) is 0 Å². The van der Waals surface area contributed by atoms with E-state index in [4.69, 9.17) is 5.73 Å². The molecular formula is C10H15ClFN. The quantitative estimate of drug-likeness (QED) is 0.786. The van der Waals surface area contributed by atoms with Crippen molar-refractivity contribution < 1.29 is 4.39 Å². The lowest BCUT2D eigenvalue weighted by atomic mass is 9.96. The second kappa shape index (κ2) is 4.58. The summed E-state index contributed by atoms with van der Waals surface area (Å²) in [5.74, 6) is -0.197. The maximum absolute atomic E-state index is 12.7. The van der Waals surface area contributed by atoms with Crippen molar-refractivity contribution in [2.24, 2.45) is 5.73 Å². The molecule has 0 atom stereocenters. The molecule has 0 unspecified atom stereocenters. The normalized spacial score (nSPS) is 10.8. The summed E-state index contributed by atoms with van der Waals surface area (Å²) in [6, 6.07) is 6.55. The Balaban J connectivity index is 0.00000144. The topological polar surface area (TPSA) is 26.0 Å². The highest BCUT2D eigenvalue weighted by atomic mass is 35.5. The van der Waals surface area contributed by atoms with Crippen LogP contribution in [0.25, 0.3) is 0 Å². The van der Waals surface area contributed by atoms with Gasteiger partial charge in [0.15, 0.2) is 0 Å². The van der Waals surface area contributed by atoms with Crippen molar-refractivity contribution in [1.82, 2.24) is 0 Å². The Morgan fingerprint density at radius 1 is 1.38 bits per heavy atom. The SMILES string of the molecule is CC(C)(N)Cc1cccc(F)c1.Cl. The number of hydrogen-bond acceptors (Lipinski definition) is 1. The highest BCUT2D eigenvalue weighted by Gasteiger charge is 2.11. The highest BCUT2D eigenvalue weighted by Crippen LogP contribution is 2.10. The van der Waals surface area contributed by atoms with E-state index < -0.39 is 0 Å². The minimum atomic E-state index is -0.270. The molecule has 1 rings (SSSR count). The van der Waals surface area contributed by atoms with Gasteiger partial charge in [0.2, 0.25) is 0 Å². The molecule has 0 aliphatic rings. The van der Waals surface area contributed by atoms with Crippen LogP contribution in [0.2, 0.25) is 0 Å². The zero-order valence-corrected chi connectivity index (χ0v) is 8.70. The Bertz CT molecular complexity index is 268. The summed E-state index contributed by atoms with van der Waals surface area (Å²) in [5.41, 5.74) is 6.47. The van der Waals surface area contributed by atoms with Crippen LogP contribution in [0.1, 0.15) is 19.4 Å². The van der Waals surface area contributed by atoms with Crippen LogP contribution in [0.5, 0.6) is 0 Å². The Morgan fingerprint density at radius 2 is 2.00 bits per heavy atom. The summed E-state index contributed by atoms with van der Waals surface area (Å²) in [4.78, 5) is 0. The van der Waals surface area contributed by atoms with Crippen LogP contribution in [0.4, 0.5) is 4.39 Å². The molecule has 0 saturated heterocycles. The molecule has 3 heteroatoms. The van der Waals surface area contributed by atoms with Gasteiger partial charge in [0.25, 0.3) is 0 Å². The van der Waals surface area contributed by atoms with Gasteiger partial charge in [0, 0.05) is 5.54 Å². The minimum Gasteiger partial charge on any atom is -0.325 e. The van der Waals surface area contributed by atoms with Gasteiger partial charge in [-0.25, -0.2) is 4.39 Å². The number of nitrogens with two attached hydrogens (primary N) is 1. The summed E-state index contributed by atoms with van der Waals surface area (Å²) in [5, 5.41) is 0. The van der Waals surface area contributed by atoms with Crippen LogP contribution < -0.4 is 5.73 Å². The fourth-order valence-corrected chi connectivity index (χ4v) is 1.17. The van der Waals surface area contributed by atoms with E-state index in [1.165, 1.54) is 12.1 Å². The Morgan fingerprint density at radius 3 is 2.46 bits per heavy atom. The number of hydrogen-bond donors (Lipinski definition) is 1. The Kier molecular flexibility index (Phi) is 4.37. The Labute approximate surface area is 84.5 Å². The summed E-state index contributed by atoms with van der Waals surface area (Å²) < 4.78 is 12.7. The Hall–Kier alpha value is -0.600. The third kappa shape index (κ3) is 4.86. The van der Waals surface area contributed by atoms with Crippen LogP contribution in [-0.4, -0.2) is 5.54 Å². The predicted molar refractivity (Wildman–Crippen MR) is 55.6 cm³/mol. The number of rotatable bonds is 2. The maximum Gasteiger partial charge on any atom is 0.123 e. The molecule has 0 spiro atoms. The first-order chi connectivity index (χ1) is 5.47. The summed E-state index contributed by atoms with van der Waals surface area (Å²) in [6.45, 7) is 3.86. The van der Waals surface area contributed by atoms with Gasteiger partial charge in [-0.1, -0.05) is 12.1 Å².